The molecule has 2 unspecified atom stereocenters. The van der Waals surface area contributed by atoms with Gasteiger partial charge in [0, 0.05) is 53.4 Å². The zero-order chi connectivity index (χ0) is 30.1. The summed E-state index contributed by atoms with van der Waals surface area (Å²) in [5, 5.41) is 20.5. The number of thiazole rings is 1. The molecule has 1 aliphatic rings. The number of aromatic hydroxyl groups is 1. The molecule has 0 spiro atoms. The SMILES string of the molecule is CO.Cc1ccccc1CN(C=O)C(C(=O)N1CCCC1C(=O)NCc1ccc(-c2scnc2C)cc1O)C(C)C.[CH3-].[W]. The maximum atomic E-state index is 13.8. The molecule has 3 N–H and O–H groups in total. The van der Waals surface area contributed by atoms with Crippen molar-refractivity contribution in [3.8, 4) is 16.2 Å². The van der Waals surface area contributed by atoms with E-state index in [-0.39, 0.29) is 58.5 Å². The van der Waals surface area contributed by atoms with Gasteiger partial charge in [0.05, 0.1) is 16.1 Å². The van der Waals surface area contributed by atoms with Gasteiger partial charge in [-0.05, 0) is 55.4 Å². The minimum atomic E-state index is -0.678. The smallest absolute Gasteiger partial charge is 0.246 e. The van der Waals surface area contributed by atoms with E-state index < -0.39 is 12.1 Å². The number of hydrogen-bond donors (Lipinski definition) is 3. The number of carbonyl (C=O) groups excluding carboxylic acids is 3. The summed E-state index contributed by atoms with van der Waals surface area (Å²) in [5.74, 6) is -0.511. The zero-order valence-electron chi connectivity index (χ0n) is 25.7. The molecule has 3 aromatic rings. The van der Waals surface area contributed by atoms with Crippen LogP contribution in [-0.2, 0) is 48.5 Å². The van der Waals surface area contributed by atoms with Crippen LogP contribution in [0, 0.1) is 27.2 Å². The molecule has 0 radical (unpaired) electrons. The Bertz CT molecular complexity index is 1350. The van der Waals surface area contributed by atoms with E-state index in [0.717, 1.165) is 40.8 Å². The van der Waals surface area contributed by atoms with Gasteiger partial charge in [-0.1, -0.05) is 50.2 Å². The zero-order valence-corrected chi connectivity index (χ0v) is 29.5. The van der Waals surface area contributed by atoms with E-state index in [0.29, 0.717) is 31.5 Å². The first-order valence-corrected chi connectivity index (χ1v) is 14.6. The van der Waals surface area contributed by atoms with Gasteiger partial charge >= 0.3 is 0 Å². The van der Waals surface area contributed by atoms with Crippen LogP contribution in [0.15, 0.2) is 48.0 Å². The standard InChI is InChI=1S/C30H36N4O4S.CH4O.CH3.W/c1-19(2)27(33(18-35)16-24-9-6-5-8-20(24)3)30(38)34-13-7-10-25(34)29(37)31-15-23-12-11-22(14-26(23)36)28-21(4)32-17-39-28;1-2;;/h5-6,8-9,11-12,14,17-19,25,27,36H,7,10,13,15-16H2,1-4H3,(H,31,37);2H,1H3;1H3;/q;;-1;. The molecule has 43 heavy (non-hydrogen) atoms. The Kier molecular flexibility index (Phi) is 15.8. The molecule has 2 atom stereocenters. The minimum absolute atomic E-state index is 0. The molecule has 9 nitrogen and oxygen atoms in total. The first-order chi connectivity index (χ1) is 19.7. The molecule has 4 rings (SSSR count). The fourth-order valence-corrected chi connectivity index (χ4v) is 6.00. The third-order valence-electron chi connectivity index (χ3n) is 7.38. The summed E-state index contributed by atoms with van der Waals surface area (Å²) in [7, 11) is 1.00. The van der Waals surface area contributed by atoms with Gasteiger partial charge in [0.2, 0.25) is 18.2 Å². The number of rotatable bonds is 10. The van der Waals surface area contributed by atoms with Crippen LogP contribution in [0.25, 0.3) is 10.4 Å². The van der Waals surface area contributed by atoms with Crippen molar-refractivity contribution in [3.63, 3.8) is 0 Å². The van der Waals surface area contributed by atoms with Gasteiger partial charge in [0.1, 0.15) is 17.8 Å². The number of carbonyl (C=O) groups is 3. The Balaban J connectivity index is 0.00000226. The van der Waals surface area contributed by atoms with E-state index in [1.54, 1.807) is 27.4 Å². The maximum absolute atomic E-state index is 13.8. The Morgan fingerprint density at radius 3 is 2.44 bits per heavy atom. The van der Waals surface area contributed by atoms with Gasteiger partial charge < -0.3 is 32.8 Å². The molecule has 0 aliphatic carbocycles. The van der Waals surface area contributed by atoms with Crippen molar-refractivity contribution >= 4 is 29.6 Å². The fraction of sp³-hybridized carbons (Fsp3) is 0.406. The second-order valence-corrected chi connectivity index (χ2v) is 11.3. The average molecular weight is 780 g/mol. The molecule has 1 aliphatic heterocycles. The summed E-state index contributed by atoms with van der Waals surface area (Å²) in [5.41, 5.74) is 6.17. The van der Waals surface area contributed by atoms with Gasteiger partial charge in [0.25, 0.3) is 0 Å². The molecular formula is C32H43N4O5SW-. The Morgan fingerprint density at radius 1 is 1.16 bits per heavy atom. The average Bonchev–Trinajstić information content (AvgIpc) is 3.63. The summed E-state index contributed by atoms with van der Waals surface area (Å²) in [6.45, 7) is 8.68. The summed E-state index contributed by atoms with van der Waals surface area (Å²) in [4.78, 5) is 47.6. The summed E-state index contributed by atoms with van der Waals surface area (Å²) < 4.78 is 0. The molecule has 11 heteroatoms. The van der Waals surface area contributed by atoms with Crippen molar-refractivity contribution in [2.24, 2.45) is 5.92 Å². The number of phenols is 1. The predicted molar refractivity (Wildman–Crippen MR) is 167 cm³/mol. The molecule has 2 heterocycles. The second-order valence-electron chi connectivity index (χ2n) is 10.4. The topological polar surface area (TPSA) is 123 Å². The molecule has 0 saturated carbocycles. The van der Waals surface area contributed by atoms with E-state index >= 15 is 0 Å². The molecule has 1 aromatic heterocycles. The molecule has 0 bridgehead atoms. The third-order valence-corrected chi connectivity index (χ3v) is 8.35. The van der Waals surface area contributed by atoms with Crippen LogP contribution in [0.1, 0.15) is 49.1 Å². The van der Waals surface area contributed by atoms with E-state index in [4.69, 9.17) is 5.11 Å². The monoisotopic (exact) mass is 779 g/mol. The number of aromatic nitrogens is 1. The summed E-state index contributed by atoms with van der Waals surface area (Å²) >= 11 is 1.51. The van der Waals surface area contributed by atoms with Crippen LogP contribution < -0.4 is 5.32 Å². The van der Waals surface area contributed by atoms with Gasteiger partial charge in [-0.3, -0.25) is 14.4 Å². The number of hydrogen-bond acceptors (Lipinski definition) is 7. The summed E-state index contributed by atoms with van der Waals surface area (Å²) in [6, 6.07) is 11.9. The number of aryl methyl sites for hydroxylation is 2. The molecule has 1 saturated heterocycles. The van der Waals surface area contributed by atoms with E-state index in [1.165, 1.54) is 11.3 Å². The van der Waals surface area contributed by atoms with Crippen molar-refractivity contribution in [2.75, 3.05) is 13.7 Å². The normalized spacial score (nSPS) is 14.5. The predicted octanol–water partition coefficient (Wildman–Crippen LogP) is 4.48. The molecule has 2 aromatic carbocycles. The number of aliphatic hydroxyl groups excluding tert-OH is 1. The number of benzene rings is 2. The van der Waals surface area contributed by atoms with Crippen molar-refractivity contribution in [3.05, 3.63) is 77.8 Å². The summed E-state index contributed by atoms with van der Waals surface area (Å²) in [6.07, 6.45) is 2.00. The third kappa shape index (κ3) is 9.21. The number of phenolic OH excluding ortho intramolecular Hbond substituents is 1. The largest absolute Gasteiger partial charge is 0.508 e. The van der Waals surface area contributed by atoms with Gasteiger partial charge in [-0.25, -0.2) is 4.98 Å². The molecule has 1 fully saturated rings. The van der Waals surface area contributed by atoms with Crippen molar-refractivity contribution < 1.29 is 45.7 Å². The fourth-order valence-electron chi connectivity index (χ4n) is 5.20. The van der Waals surface area contributed by atoms with Crippen LogP contribution in [0.5, 0.6) is 5.75 Å². The maximum Gasteiger partial charge on any atom is 0.246 e. The van der Waals surface area contributed by atoms with E-state index in [2.05, 4.69) is 10.3 Å². The van der Waals surface area contributed by atoms with Gasteiger partial charge in [-0.2, -0.15) is 0 Å². The first-order valence-electron chi connectivity index (χ1n) is 13.7. The van der Waals surface area contributed by atoms with Crippen LogP contribution >= 0.6 is 11.3 Å². The number of likely N-dealkylation sites (tertiary alicyclic amines) is 1. The van der Waals surface area contributed by atoms with Crippen molar-refractivity contribution in [1.29, 1.82) is 0 Å². The Hall–Kier alpha value is -3.07. The molecule has 234 valence electrons. The van der Waals surface area contributed by atoms with Crippen LogP contribution in [-0.4, -0.2) is 69.0 Å². The van der Waals surface area contributed by atoms with Gasteiger partial charge in [0.15, 0.2) is 0 Å². The number of amides is 3. The Labute approximate surface area is 273 Å². The van der Waals surface area contributed by atoms with Crippen LogP contribution in [0.4, 0.5) is 0 Å². The minimum Gasteiger partial charge on any atom is -0.508 e. The van der Waals surface area contributed by atoms with Crippen molar-refractivity contribution in [2.45, 2.75) is 65.7 Å². The van der Waals surface area contributed by atoms with E-state index in [1.807, 2.05) is 58.0 Å². The number of nitrogens with zero attached hydrogens (tertiary/aromatic N) is 3. The molecule has 3 amide bonds. The Morgan fingerprint density at radius 2 is 1.86 bits per heavy atom. The molecular weight excluding hydrogens is 736 g/mol. The number of aliphatic hydroxyl groups is 1. The van der Waals surface area contributed by atoms with Crippen LogP contribution in [0.3, 0.4) is 0 Å². The number of nitrogens with one attached hydrogen (secondary N) is 1. The van der Waals surface area contributed by atoms with E-state index in [9.17, 15) is 19.5 Å². The first kappa shape index (κ1) is 38.0. The van der Waals surface area contributed by atoms with Crippen LogP contribution in [0.2, 0.25) is 0 Å². The second kappa shape index (κ2) is 17.9. The quantitative estimate of drug-likeness (QED) is 0.206. The van der Waals surface area contributed by atoms with Crippen molar-refractivity contribution in [1.82, 2.24) is 20.1 Å². The van der Waals surface area contributed by atoms with Gasteiger partial charge in [-0.15, -0.1) is 11.3 Å².